The zero-order valence-corrected chi connectivity index (χ0v) is 11.2. The van der Waals surface area contributed by atoms with Crippen molar-refractivity contribution in [1.29, 1.82) is 0 Å². The molecule has 0 amide bonds. The summed E-state index contributed by atoms with van der Waals surface area (Å²) in [4.78, 5) is 4.09. The SMILES string of the molecule is Nc1ccc(Cl)cc1-c1nc(-c2cc(F)cc(F)c2)no1. The van der Waals surface area contributed by atoms with Gasteiger partial charge in [-0.1, -0.05) is 16.8 Å². The Morgan fingerprint density at radius 2 is 1.76 bits per heavy atom. The second kappa shape index (κ2) is 5.14. The lowest BCUT2D eigenvalue weighted by Gasteiger charge is -2.00. The number of rotatable bonds is 2. The van der Waals surface area contributed by atoms with Gasteiger partial charge in [-0.05, 0) is 30.3 Å². The molecular weight excluding hydrogens is 300 g/mol. The standard InChI is InChI=1S/C14H8ClF2N3O/c15-8-1-2-12(18)11(5-8)14-19-13(20-21-14)7-3-9(16)6-10(17)4-7/h1-6H,18H2. The summed E-state index contributed by atoms with van der Waals surface area (Å²) in [6.45, 7) is 0. The van der Waals surface area contributed by atoms with Crippen molar-refractivity contribution >= 4 is 17.3 Å². The third kappa shape index (κ3) is 2.71. The van der Waals surface area contributed by atoms with E-state index in [1.54, 1.807) is 18.2 Å². The summed E-state index contributed by atoms with van der Waals surface area (Å²) in [7, 11) is 0. The quantitative estimate of drug-likeness (QED) is 0.729. The zero-order chi connectivity index (χ0) is 15.0. The molecule has 0 atom stereocenters. The van der Waals surface area contributed by atoms with Gasteiger partial charge in [-0.15, -0.1) is 0 Å². The average Bonchev–Trinajstić information content (AvgIpc) is 2.90. The van der Waals surface area contributed by atoms with E-state index >= 15 is 0 Å². The minimum atomic E-state index is -0.724. The van der Waals surface area contributed by atoms with Crippen molar-refractivity contribution in [3.05, 3.63) is 53.1 Å². The molecule has 1 heterocycles. The number of anilines is 1. The van der Waals surface area contributed by atoms with Gasteiger partial charge in [0.1, 0.15) is 11.6 Å². The Hall–Kier alpha value is -2.47. The van der Waals surface area contributed by atoms with Gasteiger partial charge in [-0.3, -0.25) is 0 Å². The highest BCUT2D eigenvalue weighted by Gasteiger charge is 2.14. The highest BCUT2D eigenvalue weighted by molar-refractivity contribution is 6.31. The molecule has 0 fully saturated rings. The fraction of sp³-hybridized carbons (Fsp3) is 0. The molecule has 0 spiro atoms. The third-order valence-electron chi connectivity index (χ3n) is 2.79. The summed E-state index contributed by atoms with van der Waals surface area (Å²) in [6.07, 6.45) is 0. The van der Waals surface area contributed by atoms with Gasteiger partial charge in [0.25, 0.3) is 5.89 Å². The number of halogens is 3. The number of hydrogen-bond acceptors (Lipinski definition) is 4. The lowest BCUT2D eigenvalue weighted by Crippen LogP contribution is -1.90. The largest absolute Gasteiger partial charge is 0.398 e. The molecule has 0 unspecified atom stereocenters. The number of nitrogen functional groups attached to an aromatic ring is 1. The molecule has 4 nitrogen and oxygen atoms in total. The van der Waals surface area contributed by atoms with Crippen molar-refractivity contribution in [2.24, 2.45) is 0 Å². The zero-order valence-electron chi connectivity index (χ0n) is 10.5. The first-order valence-electron chi connectivity index (χ1n) is 5.88. The first-order chi connectivity index (χ1) is 10.0. The fourth-order valence-corrected chi connectivity index (χ4v) is 2.02. The van der Waals surface area contributed by atoms with E-state index in [1.165, 1.54) is 0 Å². The Labute approximate surface area is 123 Å². The van der Waals surface area contributed by atoms with Gasteiger partial charge >= 0.3 is 0 Å². The maximum Gasteiger partial charge on any atom is 0.260 e. The summed E-state index contributed by atoms with van der Waals surface area (Å²) in [5.41, 5.74) is 6.84. The van der Waals surface area contributed by atoms with Crippen LogP contribution >= 0.6 is 11.6 Å². The molecule has 106 valence electrons. The van der Waals surface area contributed by atoms with E-state index in [0.717, 1.165) is 18.2 Å². The summed E-state index contributed by atoms with van der Waals surface area (Å²) in [6, 6.07) is 7.78. The van der Waals surface area contributed by atoms with Crippen LogP contribution in [0.1, 0.15) is 0 Å². The molecule has 3 aromatic rings. The summed E-state index contributed by atoms with van der Waals surface area (Å²) < 4.78 is 31.5. The minimum absolute atomic E-state index is 0.0581. The summed E-state index contributed by atoms with van der Waals surface area (Å²) >= 11 is 5.89. The summed E-state index contributed by atoms with van der Waals surface area (Å²) in [5, 5.41) is 4.15. The Bertz CT molecular complexity index is 799. The van der Waals surface area contributed by atoms with Crippen LogP contribution < -0.4 is 5.73 Å². The third-order valence-corrected chi connectivity index (χ3v) is 3.03. The highest BCUT2D eigenvalue weighted by Crippen LogP contribution is 2.29. The average molecular weight is 308 g/mol. The van der Waals surface area contributed by atoms with E-state index in [9.17, 15) is 8.78 Å². The van der Waals surface area contributed by atoms with Gasteiger partial charge in [0.15, 0.2) is 0 Å². The van der Waals surface area contributed by atoms with E-state index < -0.39 is 11.6 Å². The Morgan fingerprint density at radius 3 is 2.48 bits per heavy atom. The van der Waals surface area contributed by atoms with Crippen molar-refractivity contribution in [3.8, 4) is 22.8 Å². The maximum atomic E-state index is 13.2. The summed E-state index contributed by atoms with van der Waals surface area (Å²) in [5.74, 6) is -1.27. The van der Waals surface area contributed by atoms with E-state index in [-0.39, 0.29) is 17.3 Å². The van der Waals surface area contributed by atoms with Crippen molar-refractivity contribution in [2.45, 2.75) is 0 Å². The number of nitrogens with zero attached hydrogens (tertiary/aromatic N) is 2. The van der Waals surface area contributed by atoms with Crippen LogP contribution in [0.3, 0.4) is 0 Å². The van der Waals surface area contributed by atoms with Gasteiger partial charge < -0.3 is 10.3 Å². The lowest BCUT2D eigenvalue weighted by molar-refractivity contribution is 0.432. The smallest absolute Gasteiger partial charge is 0.260 e. The van der Waals surface area contributed by atoms with Crippen LogP contribution in [0.2, 0.25) is 5.02 Å². The molecule has 0 saturated carbocycles. The Kier molecular flexibility index (Phi) is 3.31. The van der Waals surface area contributed by atoms with Crippen LogP contribution in [0.15, 0.2) is 40.9 Å². The molecule has 0 saturated heterocycles. The predicted octanol–water partition coefficient (Wildman–Crippen LogP) is 3.92. The first-order valence-corrected chi connectivity index (χ1v) is 6.26. The predicted molar refractivity (Wildman–Crippen MR) is 74.5 cm³/mol. The van der Waals surface area contributed by atoms with Crippen molar-refractivity contribution in [3.63, 3.8) is 0 Å². The lowest BCUT2D eigenvalue weighted by atomic mass is 10.2. The van der Waals surface area contributed by atoms with E-state index in [1.807, 2.05) is 0 Å². The second-order valence-electron chi connectivity index (χ2n) is 4.31. The fourth-order valence-electron chi connectivity index (χ4n) is 1.85. The maximum absolute atomic E-state index is 13.2. The van der Waals surface area contributed by atoms with Crippen molar-refractivity contribution in [2.75, 3.05) is 5.73 Å². The molecule has 1 aromatic heterocycles. The Balaban J connectivity index is 2.05. The molecule has 0 aliphatic carbocycles. The molecule has 2 N–H and O–H groups in total. The second-order valence-corrected chi connectivity index (χ2v) is 4.75. The molecule has 0 aliphatic rings. The van der Waals surface area contributed by atoms with Crippen LogP contribution in [0.4, 0.5) is 14.5 Å². The monoisotopic (exact) mass is 307 g/mol. The molecule has 7 heteroatoms. The van der Waals surface area contributed by atoms with Crippen LogP contribution in [-0.2, 0) is 0 Å². The van der Waals surface area contributed by atoms with Gasteiger partial charge in [-0.2, -0.15) is 4.98 Å². The van der Waals surface area contributed by atoms with Gasteiger partial charge in [0, 0.05) is 22.3 Å². The van der Waals surface area contributed by atoms with Crippen LogP contribution in [0, 0.1) is 11.6 Å². The van der Waals surface area contributed by atoms with E-state index in [4.69, 9.17) is 21.9 Å². The Morgan fingerprint density at radius 1 is 1.05 bits per heavy atom. The van der Waals surface area contributed by atoms with Gasteiger partial charge in [-0.25, -0.2) is 8.78 Å². The molecule has 2 aromatic carbocycles. The molecular formula is C14H8ClF2N3O. The molecule has 0 aliphatic heterocycles. The number of aromatic nitrogens is 2. The molecule has 3 rings (SSSR count). The van der Waals surface area contributed by atoms with E-state index in [2.05, 4.69) is 10.1 Å². The topological polar surface area (TPSA) is 64.9 Å². The van der Waals surface area contributed by atoms with Crippen LogP contribution in [0.5, 0.6) is 0 Å². The van der Waals surface area contributed by atoms with E-state index in [0.29, 0.717) is 16.3 Å². The van der Waals surface area contributed by atoms with Crippen molar-refractivity contribution in [1.82, 2.24) is 10.1 Å². The highest BCUT2D eigenvalue weighted by atomic mass is 35.5. The van der Waals surface area contributed by atoms with Gasteiger partial charge in [0.05, 0.1) is 5.56 Å². The van der Waals surface area contributed by atoms with Crippen molar-refractivity contribution < 1.29 is 13.3 Å². The molecule has 0 bridgehead atoms. The first kappa shape index (κ1) is 13.5. The molecule has 0 radical (unpaired) electrons. The van der Waals surface area contributed by atoms with Crippen LogP contribution in [-0.4, -0.2) is 10.1 Å². The minimum Gasteiger partial charge on any atom is -0.398 e. The normalized spacial score (nSPS) is 10.8. The number of nitrogens with two attached hydrogens (primary N) is 1. The van der Waals surface area contributed by atoms with Gasteiger partial charge in [0.2, 0.25) is 5.82 Å². The number of hydrogen-bond donors (Lipinski definition) is 1. The van der Waals surface area contributed by atoms with Crippen LogP contribution in [0.25, 0.3) is 22.8 Å². The molecule has 21 heavy (non-hydrogen) atoms. The number of benzene rings is 2.